The zero-order valence-corrected chi connectivity index (χ0v) is 10.4. The van der Waals surface area contributed by atoms with Gasteiger partial charge in [0.1, 0.15) is 5.82 Å². The summed E-state index contributed by atoms with van der Waals surface area (Å²) in [4.78, 5) is 7.41. The smallest absolute Gasteiger partial charge is 0.168 e. The summed E-state index contributed by atoms with van der Waals surface area (Å²) in [6.07, 6.45) is 3.74. The van der Waals surface area contributed by atoms with Crippen LogP contribution in [0.4, 0.5) is 8.78 Å². The van der Waals surface area contributed by atoms with E-state index in [0.717, 1.165) is 37.8 Å². The van der Waals surface area contributed by atoms with Gasteiger partial charge in [0, 0.05) is 18.0 Å². The summed E-state index contributed by atoms with van der Waals surface area (Å²) >= 11 is 0. The van der Waals surface area contributed by atoms with Crippen molar-refractivity contribution in [2.45, 2.75) is 18.8 Å². The van der Waals surface area contributed by atoms with Gasteiger partial charge in [-0.3, -0.25) is 0 Å². The molecule has 3 nitrogen and oxygen atoms in total. The van der Waals surface area contributed by atoms with Crippen LogP contribution in [0.25, 0.3) is 11.3 Å². The van der Waals surface area contributed by atoms with Crippen molar-refractivity contribution in [1.29, 1.82) is 0 Å². The topological polar surface area (TPSA) is 40.7 Å². The number of nitrogens with zero attached hydrogens (tertiary/aromatic N) is 1. The van der Waals surface area contributed by atoms with Gasteiger partial charge in [0.25, 0.3) is 0 Å². The number of aromatic nitrogens is 2. The van der Waals surface area contributed by atoms with E-state index in [9.17, 15) is 8.78 Å². The number of aromatic amines is 1. The molecule has 2 aromatic rings. The first-order chi connectivity index (χ1) is 9.25. The van der Waals surface area contributed by atoms with E-state index in [0.29, 0.717) is 11.6 Å². The number of halogens is 2. The van der Waals surface area contributed by atoms with Crippen LogP contribution in [0.1, 0.15) is 24.6 Å². The Labute approximate surface area is 110 Å². The van der Waals surface area contributed by atoms with E-state index in [-0.39, 0.29) is 5.56 Å². The Kier molecular flexibility index (Phi) is 3.29. The molecular weight excluding hydrogens is 248 g/mol. The van der Waals surface area contributed by atoms with Gasteiger partial charge < -0.3 is 10.3 Å². The summed E-state index contributed by atoms with van der Waals surface area (Å²) in [5.41, 5.74) is 0.750. The molecule has 19 heavy (non-hydrogen) atoms. The number of benzene rings is 1. The molecule has 1 fully saturated rings. The molecule has 2 N–H and O–H groups in total. The van der Waals surface area contributed by atoms with Gasteiger partial charge in [0.05, 0.1) is 11.9 Å². The summed E-state index contributed by atoms with van der Waals surface area (Å²) in [5, 5.41) is 3.31. The highest BCUT2D eigenvalue weighted by atomic mass is 19.2. The van der Waals surface area contributed by atoms with Gasteiger partial charge in [0.15, 0.2) is 11.6 Å². The second-order valence-corrected chi connectivity index (χ2v) is 4.83. The molecule has 0 aliphatic carbocycles. The largest absolute Gasteiger partial charge is 0.342 e. The minimum Gasteiger partial charge on any atom is -0.342 e. The van der Waals surface area contributed by atoms with Crippen LogP contribution in [0, 0.1) is 11.6 Å². The molecule has 1 atom stereocenters. The quantitative estimate of drug-likeness (QED) is 0.874. The molecule has 1 aromatic heterocycles. The Morgan fingerprint density at radius 3 is 2.95 bits per heavy atom. The highest BCUT2D eigenvalue weighted by Gasteiger charge is 2.19. The lowest BCUT2D eigenvalue weighted by Gasteiger charge is -2.20. The molecule has 3 rings (SSSR count). The lowest BCUT2D eigenvalue weighted by molar-refractivity contribution is 0.449. The average Bonchev–Trinajstić information content (AvgIpc) is 2.92. The third kappa shape index (κ3) is 2.38. The number of piperidine rings is 1. The first kappa shape index (κ1) is 12.3. The molecule has 1 unspecified atom stereocenters. The lowest BCUT2D eigenvalue weighted by atomic mass is 9.99. The number of H-pyrrole nitrogens is 1. The van der Waals surface area contributed by atoms with Crippen molar-refractivity contribution in [2.24, 2.45) is 0 Å². The molecule has 1 saturated heterocycles. The predicted octanol–water partition coefficient (Wildman–Crippen LogP) is 2.82. The van der Waals surface area contributed by atoms with Crippen LogP contribution in [0.2, 0.25) is 0 Å². The van der Waals surface area contributed by atoms with Crippen molar-refractivity contribution >= 4 is 0 Å². The van der Waals surface area contributed by atoms with Crippen LogP contribution < -0.4 is 5.32 Å². The number of hydrogen-bond donors (Lipinski definition) is 2. The van der Waals surface area contributed by atoms with Crippen LogP contribution in [0.3, 0.4) is 0 Å². The van der Waals surface area contributed by atoms with Gasteiger partial charge in [-0.15, -0.1) is 0 Å². The van der Waals surface area contributed by atoms with E-state index in [1.165, 1.54) is 6.07 Å². The Hall–Kier alpha value is -1.75. The van der Waals surface area contributed by atoms with Crippen LogP contribution in [0.5, 0.6) is 0 Å². The van der Waals surface area contributed by atoms with Crippen LogP contribution in [-0.2, 0) is 0 Å². The molecule has 0 radical (unpaired) electrons. The SMILES string of the molecule is Fc1cccc(-c2cnc(C3CCCNC3)[nH]2)c1F. The van der Waals surface area contributed by atoms with Gasteiger partial charge in [-0.2, -0.15) is 0 Å². The van der Waals surface area contributed by atoms with Crippen molar-refractivity contribution in [3.63, 3.8) is 0 Å². The minimum atomic E-state index is -0.840. The summed E-state index contributed by atoms with van der Waals surface area (Å²) in [5.74, 6) is -0.516. The Bertz CT molecular complexity index is 574. The van der Waals surface area contributed by atoms with Crippen LogP contribution in [0.15, 0.2) is 24.4 Å². The maximum absolute atomic E-state index is 13.7. The van der Waals surface area contributed by atoms with Gasteiger partial charge in [0.2, 0.25) is 0 Å². The summed E-state index contributed by atoms with van der Waals surface area (Å²) in [7, 11) is 0. The second kappa shape index (κ2) is 5.09. The molecule has 0 amide bonds. The second-order valence-electron chi connectivity index (χ2n) is 4.83. The van der Waals surface area contributed by atoms with Gasteiger partial charge in [-0.1, -0.05) is 6.07 Å². The average molecular weight is 263 g/mol. The highest BCUT2D eigenvalue weighted by molar-refractivity contribution is 5.59. The summed E-state index contributed by atoms with van der Waals surface area (Å²) in [6.45, 7) is 1.90. The zero-order valence-electron chi connectivity index (χ0n) is 10.4. The normalized spacial score (nSPS) is 19.6. The highest BCUT2D eigenvalue weighted by Crippen LogP contribution is 2.26. The molecule has 0 spiro atoms. The third-order valence-electron chi connectivity index (χ3n) is 3.52. The Morgan fingerprint density at radius 2 is 2.16 bits per heavy atom. The van der Waals surface area contributed by atoms with E-state index in [1.807, 2.05) is 0 Å². The molecule has 1 aliphatic rings. The maximum Gasteiger partial charge on any atom is 0.168 e. The molecule has 1 aromatic carbocycles. The molecular formula is C14H15F2N3. The number of hydrogen-bond acceptors (Lipinski definition) is 2. The van der Waals surface area contributed by atoms with Crippen molar-refractivity contribution in [1.82, 2.24) is 15.3 Å². The van der Waals surface area contributed by atoms with Gasteiger partial charge in [-0.25, -0.2) is 13.8 Å². The number of imidazole rings is 1. The van der Waals surface area contributed by atoms with Crippen molar-refractivity contribution in [3.05, 3.63) is 41.9 Å². The number of nitrogens with one attached hydrogen (secondary N) is 2. The Balaban J connectivity index is 1.90. The first-order valence-electron chi connectivity index (χ1n) is 6.45. The minimum absolute atomic E-state index is 0.225. The number of rotatable bonds is 2. The molecule has 1 aliphatic heterocycles. The van der Waals surface area contributed by atoms with Crippen molar-refractivity contribution < 1.29 is 8.78 Å². The van der Waals surface area contributed by atoms with E-state index < -0.39 is 11.6 Å². The fourth-order valence-corrected chi connectivity index (χ4v) is 2.48. The predicted molar refractivity (Wildman–Crippen MR) is 68.8 cm³/mol. The maximum atomic E-state index is 13.7. The van der Waals surface area contributed by atoms with Crippen LogP contribution in [-0.4, -0.2) is 23.1 Å². The van der Waals surface area contributed by atoms with Gasteiger partial charge in [-0.05, 0) is 31.5 Å². The van der Waals surface area contributed by atoms with Gasteiger partial charge >= 0.3 is 0 Å². The van der Waals surface area contributed by atoms with Crippen LogP contribution >= 0.6 is 0 Å². The fourth-order valence-electron chi connectivity index (χ4n) is 2.48. The molecule has 0 bridgehead atoms. The zero-order chi connectivity index (χ0) is 13.2. The standard InChI is InChI=1S/C14H15F2N3/c15-11-5-1-4-10(13(11)16)12-8-18-14(19-12)9-3-2-6-17-7-9/h1,4-5,8-9,17H,2-3,6-7H2,(H,18,19). The van der Waals surface area contributed by atoms with E-state index in [1.54, 1.807) is 12.3 Å². The summed E-state index contributed by atoms with van der Waals surface area (Å²) < 4.78 is 26.9. The molecule has 5 heteroatoms. The fraction of sp³-hybridized carbons (Fsp3) is 0.357. The molecule has 2 heterocycles. The lowest BCUT2D eigenvalue weighted by Crippen LogP contribution is -2.28. The van der Waals surface area contributed by atoms with E-state index in [4.69, 9.17) is 0 Å². The van der Waals surface area contributed by atoms with E-state index in [2.05, 4.69) is 15.3 Å². The monoisotopic (exact) mass is 263 g/mol. The molecule has 100 valence electrons. The molecule has 0 saturated carbocycles. The third-order valence-corrected chi connectivity index (χ3v) is 3.52. The Morgan fingerprint density at radius 1 is 1.26 bits per heavy atom. The van der Waals surface area contributed by atoms with Crippen molar-refractivity contribution in [3.8, 4) is 11.3 Å². The van der Waals surface area contributed by atoms with E-state index >= 15 is 0 Å². The first-order valence-corrected chi connectivity index (χ1v) is 6.45. The summed E-state index contributed by atoms with van der Waals surface area (Å²) in [6, 6.07) is 4.16. The van der Waals surface area contributed by atoms with Crippen molar-refractivity contribution in [2.75, 3.05) is 13.1 Å².